The minimum absolute atomic E-state index is 0.460. The highest BCUT2D eigenvalue weighted by Gasteiger charge is 2.25. The van der Waals surface area contributed by atoms with E-state index in [1.807, 2.05) is 5.38 Å². The van der Waals surface area contributed by atoms with Crippen LogP contribution in [0.15, 0.2) is 16.3 Å². The van der Waals surface area contributed by atoms with E-state index in [2.05, 4.69) is 10.0 Å². The number of nitrogens with one attached hydrogen (secondary N) is 2. The van der Waals surface area contributed by atoms with Gasteiger partial charge in [-0.25, -0.2) is 13.1 Å². The van der Waals surface area contributed by atoms with Gasteiger partial charge in [0.05, 0.1) is 4.90 Å². The first-order chi connectivity index (χ1) is 9.15. The Hall–Kier alpha value is -0.430. The Morgan fingerprint density at radius 2 is 2.05 bits per heavy atom. The van der Waals surface area contributed by atoms with E-state index in [0.717, 1.165) is 17.2 Å². The zero-order valence-electron chi connectivity index (χ0n) is 10.9. The van der Waals surface area contributed by atoms with Crippen LogP contribution in [0.5, 0.6) is 0 Å². The number of hydrogen-bond donors (Lipinski definition) is 2. The molecule has 4 nitrogen and oxygen atoms in total. The quantitative estimate of drug-likeness (QED) is 0.773. The molecular formula is C13H20N2O2S2. The van der Waals surface area contributed by atoms with Gasteiger partial charge >= 0.3 is 0 Å². The molecular weight excluding hydrogens is 280 g/mol. The molecule has 0 saturated heterocycles. The zero-order valence-corrected chi connectivity index (χ0v) is 12.5. The van der Waals surface area contributed by atoms with E-state index in [4.69, 9.17) is 0 Å². The molecule has 6 heteroatoms. The summed E-state index contributed by atoms with van der Waals surface area (Å²) in [6, 6.07) is 2.31. The SMILES string of the molecule is O=S(=O)(NCCC1CC1)c1ccsc1CNC1CC1. The third-order valence-corrected chi connectivity index (χ3v) is 6.26. The van der Waals surface area contributed by atoms with Crippen molar-refractivity contribution < 1.29 is 8.42 Å². The van der Waals surface area contributed by atoms with Crippen molar-refractivity contribution in [1.82, 2.24) is 10.0 Å². The van der Waals surface area contributed by atoms with Crippen LogP contribution in [-0.4, -0.2) is 21.0 Å². The highest BCUT2D eigenvalue weighted by Crippen LogP contribution is 2.32. The lowest BCUT2D eigenvalue weighted by Crippen LogP contribution is -2.26. The third-order valence-electron chi connectivity index (χ3n) is 3.66. The van der Waals surface area contributed by atoms with E-state index in [1.165, 1.54) is 37.0 Å². The molecule has 3 rings (SSSR count). The second-order valence-corrected chi connectivity index (χ2v) is 8.23. The normalized spacial score (nSPS) is 19.8. The molecule has 1 aromatic rings. The second kappa shape index (κ2) is 5.52. The van der Waals surface area contributed by atoms with Crippen LogP contribution in [0.25, 0.3) is 0 Å². The van der Waals surface area contributed by atoms with Crippen molar-refractivity contribution in [3.63, 3.8) is 0 Å². The van der Waals surface area contributed by atoms with Gasteiger partial charge in [0.25, 0.3) is 0 Å². The highest BCUT2D eigenvalue weighted by molar-refractivity contribution is 7.89. The lowest BCUT2D eigenvalue weighted by Gasteiger charge is -2.08. The Morgan fingerprint density at radius 3 is 2.74 bits per heavy atom. The van der Waals surface area contributed by atoms with Crippen LogP contribution in [-0.2, 0) is 16.6 Å². The second-order valence-electron chi connectivity index (χ2n) is 5.49. The molecule has 0 aromatic carbocycles. The van der Waals surface area contributed by atoms with Gasteiger partial charge in [-0.05, 0) is 36.6 Å². The van der Waals surface area contributed by atoms with Gasteiger partial charge in [-0.2, -0.15) is 0 Å². The van der Waals surface area contributed by atoms with Crippen LogP contribution in [0.2, 0.25) is 0 Å². The molecule has 0 unspecified atom stereocenters. The minimum atomic E-state index is -3.32. The van der Waals surface area contributed by atoms with E-state index in [-0.39, 0.29) is 0 Å². The molecule has 106 valence electrons. The fraction of sp³-hybridized carbons (Fsp3) is 0.692. The molecule has 2 fully saturated rings. The van der Waals surface area contributed by atoms with Crippen LogP contribution in [0.1, 0.15) is 37.0 Å². The highest BCUT2D eigenvalue weighted by atomic mass is 32.2. The molecule has 0 radical (unpaired) electrons. The summed E-state index contributed by atoms with van der Waals surface area (Å²) in [7, 11) is -3.32. The Balaban J connectivity index is 1.59. The third kappa shape index (κ3) is 3.78. The molecule has 0 aliphatic heterocycles. The van der Waals surface area contributed by atoms with Crippen molar-refractivity contribution in [2.24, 2.45) is 5.92 Å². The molecule has 1 heterocycles. The molecule has 0 bridgehead atoms. The van der Waals surface area contributed by atoms with Crippen molar-refractivity contribution in [2.45, 2.75) is 49.6 Å². The topological polar surface area (TPSA) is 58.2 Å². The fourth-order valence-electron chi connectivity index (χ4n) is 2.10. The summed E-state index contributed by atoms with van der Waals surface area (Å²) in [5.74, 6) is 0.751. The van der Waals surface area contributed by atoms with Crippen molar-refractivity contribution >= 4 is 21.4 Å². The number of rotatable bonds is 8. The minimum Gasteiger partial charge on any atom is -0.309 e. The Kier molecular flexibility index (Phi) is 3.93. The molecule has 1 aromatic heterocycles. The lowest BCUT2D eigenvalue weighted by atomic mass is 10.3. The van der Waals surface area contributed by atoms with Crippen molar-refractivity contribution in [3.8, 4) is 0 Å². The summed E-state index contributed by atoms with van der Waals surface area (Å²) in [5, 5.41) is 5.23. The molecule has 2 N–H and O–H groups in total. The molecule has 2 aliphatic rings. The maximum Gasteiger partial charge on any atom is 0.241 e. The Labute approximate surface area is 118 Å². The Bertz CT molecular complexity index is 531. The smallest absolute Gasteiger partial charge is 0.241 e. The Morgan fingerprint density at radius 1 is 1.26 bits per heavy atom. The molecule has 2 saturated carbocycles. The number of hydrogen-bond acceptors (Lipinski definition) is 4. The van der Waals surface area contributed by atoms with Gasteiger partial charge in [-0.15, -0.1) is 11.3 Å². The van der Waals surface area contributed by atoms with Gasteiger partial charge in [0.2, 0.25) is 10.0 Å². The summed E-state index contributed by atoms with van der Waals surface area (Å²) >= 11 is 1.52. The average molecular weight is 300 g/mol. The van der Waals surface area contributed by atoms with Crippen LogP contribution in [0.4, 0.5) is 0 Å². The zero-order chi connectivity index (χ0) is 13.3. The largest absolute Gasteiger partial charge is 0.309 e. The van der Waals surface area contributed by atoms with Crippen molar-refractivity contribution in [3.05, 3.63) is 16.3 Å². The maximum absolute atomic E-state index is 12.2. The summed E-state index contributed by atoms with van der Waals surface area (Å²) in [6.45, 7) is 1.24. The first-order valence-corrected chi connectivity index (χ1v) is 9.31. The predicted molar refractivity (Wildman–Crippen MR) is 76.7 cm³/mol. The fourth-order valence-corrected chi connectivity index (χ4v) is 4.54. The molecule has 2 aliphatic carbocycles. The van der Waals surface area contributed by atoms with E-state index < -0.39 is 10.0 Å². The summed E-state index contributed by atoms with van der Waals surface area (Å²) in [5.41, 5.74) is 0. The van der Waals surface area contributed by atoms with E-state index in [1.54, 1.807) is 6.07 Å². The lowest BCUT2D eigenvalue weighted by molar-refractivity contribution is 0.573. The monoisotopic (exact) mass is 300 g/mol. The first-order valence-electron chi connectivity index (χ1n) is 6.94. The van der Waals surface area contributed by atoms with Gasteiger partial charge in [-0.3, -0.25) is 0 Å². The van der Waals surface area contributed by atoms with Crippen LogP contribution in [0, 0.1) is 5.92 Å². The van der Waals surface area contributed by atoms with Crippen LogP contribution in [0.3, 0.4) is 0 Å². The summed E-state index contributed by atoms with van der Waals surface area (Å²) in [6.07, 6.45) is 5.92. The predicted octanol–water partition coefficient (Wildman–Crippen LogP) is 2.08. The van der Waals surface area contributed by atoms with Gasteiger partial charge in [-0.1, -0.05) is 12.8 Å². The van der Waals surface area contributed by atoms with E-state index >= 15 is 0 Å². The van der Waals surface area contributed by atoms with E-state index in [0.29, 0.717) is 24.0 Å². The van der Waals surface area contributed by atoms with Crippen molar-refractivity contribution in [1.29, 1.82) is 0 Å². The van der Waals surface area contributed by atoms with Crippen LogP contribution >= 0.6 is 11.3 Å². The van der Waals surface area contributed by atoms with Crippen molar-refractivity contribution in [2.75, 3.05) is 6.54 Å². The average Bonchev–Trinajstić information content (AvgIpc) is 3.28. The van der Waals surface area contributed by atoms with Gasteiger partial charge in [0, 0.05) is 24.0 Å². The van der Waals surface area contributed by atoms with Crippen LogP contribution < -0.4 is 10.0 Å². The first kappa shape index (κ1) is 13.5. The number of thiophene rings is 1. The number of sulfonamides is 1. The van der Waals surface area contributed by atoms with Gasteiger partial charge in [0.15, 0.2) is 0 Å². The summed E-state index contributed by atoms with van der Waals surface area (Å²) < 4.78 is 27.2. The maximum atomic E-state index is 12.2. The van der Waals surface area contributed by atoms with Gasteiger partial charge < -0.3 is 5.32 Å². The standard InChI is InChI=1S/C13H20N2O2S2/c16-19(17,15-7-5-10-1-2-10)13-6-8-18-12(13)9-14-11-3-4-11/h6,8,10-11,14-15H,1-5,7,9H2. The molecule has 0 atom stereocenters. The molecule has 0 amide bonds. The molecule has 19 heavy (non-hydrogen) atoms. The van der Waals surface area contributed by atoms with Gasteiger partial charge in [0.1, 0.15) is 0 Å². The van der Waals surface area contributed by atoms with E-state index in [9.17, 15) is 8.42 Å². The summed E-state index contributed by atoms with van der Waals surface area (Å²) in [4.78, 5) is 1.38. The molecule has 0 spiro atoms.